The number of amides is 2. The lowest BCUT2D eigenvalue weighted by Crippen LogP contribution is -2.49. The summed E-state index contributed by atoms with van der Waals surface area (Å²) in [6.07, 6.45) is 5.27. The van der Waals surface area contributed by atoms with Gasteiger partial charge >= 0.3 is 0 Å². The van der Waals surface area contributed by atoms with Gasteiger partial charge in [-0.3, -0.25) is 14.7 Å². The number of halogens is 1. The van der Waals surface area contributed by atoms with Crippen LogP contribution in [0.5, 0.6) is 0 Å². The van der Waals surface area contributed by atoms with Gasteiger partial charge in [0.2, 0.25) is 5.91 Å². The van der Waals surface area contributed by atoms with E-state index in [1.807, 2.05) is 17.0 Å². The minimum atomic E-state index is -0.552. The van der Waals surface area contributed by atoms with Crippen molar-refractivity contribution in [3.63, 3.8) is 0 Å². The molecule has 1 fully saturated rings. The maximum atomic E-state index is 12.6. The molecule has 2 heterocycles. The fraction of sp³-hybridized carbons (Fsp3) is 0.421. The van der Waals surface area contributed by atoms with Crippen molar-refractivity contribution in [2.75, 3.05) is 19.6 Å². The molecule has 7 nitrogen and oxygen atoms in total. The number of nitrogens with zero attached hydrogens (tertiary/aromatic N) is 2. The van der Waals surface area contributed by atoms with Crippen LogP contribution in [-0.2, 0) is 11.2 Å². The first kappa shape index (κ1) is 19.4. The van der Waals surface area contributed by atoms with E-state index in [1.165, 1.54) is 6.20 Å². The van der Waals surface area contributed by atoms with Gasteiger partial charge in [-0.25, -0.2) is 0 Å². The van der Waals surface area contributed by atoms with E-state index >= 15 is 0 Å². The van der Waals surface area contributed by atoms with E-state index in [2.05, 4.69) is 15.5 Å². The maximum absolute atomic E-state index is 12.6. The highest BCUT2D eigenvalue weighted by molar-refractivity contribution is 6.30. The number of likely N-dealkylation sites (tertiary alicyclic amines) is 1. The Morgan fingerprint density at radius 3 is 2.63 bits per heavy atom. The molecule has 144 valence electrons. The summed E-state index contributed by atoms with van der Waals surface area (Å²) in [5.74, 6) is 0.204. The number of hydrogen-bond donors (Lipinski definition) is 3. The quantitative estimate of drug-likeness (QED) is 0.697. The molecule has 3 rings (SSSR count). The van der Waals surface area contributed by atoms with Crippen molar-refractivity contribution >= 4 is 23.4 Å². The largest absolute Gasteiger partial charge is 0.352 e. The molecule has 1 aliphatic heterocycles. The maximum Gasteiger partial charge on any atom is 0.254 e. The van der Waals surface area contributed by atoms with Crippen LogP contribution in [0.15, 0.2) is 36.7 Å². The van der Waals surface area contributed by atoms with Crippen LogP contribution in [0.4, 0.5) is 0 Å². The Hall–Kier alpha value is -2.38. The fourth-order valence-electron chi connectivity index (χ4n) is 3.27. The number of nitrogens with two attached hydrogens (primary N) is 1. The average Bonchev–Trinajstić information content (AvgIpc) is 3.22. The third kappa shape index (κ3) is 5.30. The molecular formula is C19H24ClN5O2. The van der Waals surface area contributed by atoms with Gasteiger partial charge in [-0.1, -0.05) is 23.7 Å². The zero-order valence-electron chi connectivity index (χ0n) is 15.0. The highest BCUT2D eigenvalue weighted by Gasteiger charge is 2.26. The number of carbonyl (C=O) groups is 2. The molecule has 1 aromatic heterocycles. The Labute approximate surface area is 163 Å². The topological polar surface area (TPSA) is 104 Å². The summed E-state index contributed by atoms with van der Waals surface area (Å²) in [7, 11) is 0. The molecule has 0 radical (unpaired) electrons. The van der Waals surface area contributed by atoms with E-state index in [-0.39, 0.29) is 11.8 Å². The second kappa shape index (κ2) is 9.01. The van der Waals surface area contributed by atoms with E-state index in [1.54, 1.807) is 18.3 Å². The van der Waals surface area contributed by atoms with Gasteiger partial charge in [0, 0.05) is 30.9 Å². The monoisotopic (exact) mass is 389 g/mol. The summed E-state index contributed by atoms with van der Waals surface area (Å²) in [5.41, 5.74) is 7.64. The molecule has 0 spiro atoms. The second-order valence-corrected chi connectivity index (χ2v) is 7.34. The third-order valence-electron chi connectivity index (χ3n) is 4.92. The summed E-state index contributed by atoms with van der Waals surface area (Å²) in [6.45, 7) is 1.93. The van der Waals surface area contributed by atoms with Crippen LogP contribution >= 0.6 is 11.6 Å². The van der Waals surface area contributed by atoms with Crippen LogP contribution in [0.25, 0.3) is 0 Å². The lowest BCUT2D eigenvalue weighted by atomic mass is 9.95. The van der Waals surface area contributed by atoms with Crippen molar-refractivity contribution in [2.24, 2.45) is 11.7 Å². The van der Waals surface area contributed by atoms with E-state index in [0.717, 1.165) is 18.4 Å². The molecule has 0 aliphatic carbocycles. The van der Waals surface area contributed by atoms with Gasteiger partial charge in [-0.2, -0.15) is 5.10 Å². The molecule has 1 aromatic carbocycles. The van der Waals surface area contributed by atoms with E-state index < -0.39 is 6.04 Å². The van der Waals surface area contributed by atoms with Crippen LogP contribution in [0.2, 0.25) is 5.02 Å². The number of piperidine rings is 1. The van der Waals surface area contributed by atoms with Gasteiger partial charge in [0.15, 0.2) is 0 Å². The molecule has 8 heteroatoms. The van der Waals surface area contributed by atoms with Crippen LogP contribution in [0.3, 0.4) is 0 Å². The number of aromatic amines is 1. The Balaban J connectivity index is 1.42. The summed E-state index contributed by atoms with van der Waals surface area (Å²) < 4.78 is 0. The summed E-state index contributed by atoms with van der Waals surface area (Å²) in [6, 6.07) is 6.84. The van der Waals surface area contributed by atoms with Crippen molar-refractivity contribution in [3.8, 4) is 0 Å². The molecule has 1 atom stereocenters. The molecular weight excluding hydrogens is 366 g/mol. The lowest BCUT2D eigenvalue weighted by Gasteiger charge is -2.33. The van der Waals surface area contributed by atoms with Crippen molar-refractivity contribution in [1.29, 1.82) is 0 Å². The van der Waals surface area contributed by atoms with Crippen molar-refractivity contribution in [2.45, 2.75) is 25.3 Å². The van der Waals surface area contributed by atoms with Crippen LogP contribution in [0, 0.1) is 5.92 Å². The highest BCUT2D eigenvalue weighted by atomic mass is 35.5. The zero-order chi connectivity index (χ0) is 19.2. The first-order valence-electron chi connectivity index (χ1n) is 9.08. The minimum absolute atomic E-state index is 0.0224. The number of aromatic nitrogens is 2. The summed E-state index contributed by atoms with van der Waals surface area (Å²) in [5, 5.41) is 9.98. The zero-order valence-corrected chi connectivity index (χ0v) is 15.8. The Bertz CT molecular complexity index is 755. The van der Waals surface area contributed by atoms with E-state index in [0.29, 0.717) is 42.6 Å². The first-order chi connectivity index (χ1) is 13.0. The molecule has 0 bridgehead atoms. The first-order valence-corrected chi connectivity index (χ1v) is 9.46. The fourth-order valence-corrected chi connectivity index (χ4v) is 3.39. The Kier molecular flexibility index (Phi) is 6.47. The van der Waals surface area contributed by atoms with E-state index in [9.17, 15) is 9.59 Å². The number of nitrogens with one attached hydrogen (secondary N) is 2. The molecule has 0 saturated carbocycles. The summed E-state index contributed by atoms with van der Waals surface area (Å²) in [4.78, 5) is 26.4. The SMILES string of the molecule is NC(Cc1ccc(Cl)cc1)C(=O)N1CCC(CNC(=O)c2cn[nH]c2)CC1. The van der Waals surface area contributed by atoms with Gasteiger partial charge in [0.05, 0.1) is 17.8 Å². The predicted octanol–water partition coefficient (Wildman–Crippen LogP) is 1.60. The summed E-state index contributed by atoms with van der Waals surface area (Å²) >= 11 is 5.88. The number of hydrogen-bond acceptors (Lipinski definition) is 4. The molecule has 4 N–H and O–H groups in total. The molecule has 1 saturated heterocycles. The van der Waals surface area contributed by atoms with Gasteiger partial charge in [0.1, 0.15) is 0 Å². The van der Waals surface area contributed by atoms with E-state index in [4.69, 9.17) is 17.3 Å². The van der Waals surface area contributed by atoms with Gasteiger partial charge in [-0.05, 0) is 42.9 Å². The number of carbonyl (C=O) groups excluding carboxylic acids is 2. The molecule has 1 aliphatic rings. The Morgan fingerprint density at radius 1 is 1.30 bits per heavy atom. The smallest absolute Gasteiger partial charge is 0.254 e. The molecule has 2 amide bonds. The molecule has 27 heavy (non-hydrogen) atoms. The number of H-pyrrole nitrogens is 1. The lowest BCUT2D eigenvalue weighted by molar-refractivity contribution is -0.133. The standard InChI is InChI=1S/C19H24ClN5O2/c20-16-3-1-13(2-4-16)9-17(21)19(27)25-7-5-14(6-8-25)10-22-18(26)15-11-23-24-12-15/h1-4,11-12,14,17H,5-10,21H2,(H,22,26)(H,23,24). The normalized spacial score (nSPS) is 16.1. The minimum Gasteiger partial charge on any atom is -0.352 e. The van der Waals surface area contributed by atoms with Crippen molar-refractivity contribution in [1.82, 2.24) is 20.4 Å². The second-order valence-electron chi connectivity index (χ2n) is 6.90. The Morgan fingerprint density at radius 2 is 2.00 bits per heavy atom. The van der Waals surface area contributed by atoms with Gasteiger partial charge < -0.3 is 16.0 Å². The number of benzene rings is 1. The van der Waals surface area contributed by atoms with Crippen molar-refractivity contribution < 1.29 is 9.59 Å². The highest BCUT2D eigenvalue weighted by Crippen LogP contribution is 2.18. The molecule has 2 aromatic rings. The van der Waals surface area contributed by atoms with Gasteiger partial charge in [0.25, 0.3) is 5.91 Å². The molecule has 1 unspecified atom stereocenters. The van der Waals surface area contributed by atoms with Crippen LogP contribution < -0.4 is 11.1 Å². The van der Waals surface area contributed by atoms with Crippen LogP contribution in [0.1, 0.15) is 28.8 Å². The van der Waals surface area contributed by atoms with Crippen LogP contribution in [-0.4, -0.2) is 52.6 Å². The number of rotatable bonds is 6. The third-order valence-corrected chi connectivity index (χ3v) is 5.18. The van der Waals surface area contributed by atoms with Crippen molar-refractivity contribution in [3.05, 3.63) is 52.8 Å². The van der Waals surface area contributed by atoms with Gasteiger partial charge in [-0.15, -0.1) is 0 Å². The predicted molar refractivity (Wildman–Crippen MR) is 103 cm³/mol. The average molecular weight is 390 g/mol.